The van der Waals surface area contributed by atoms with Gasteiger partial charge in [-0.2, -0.15) is 0 Å². The van der Waals surface area contributed by atoms with Crippen molar-refractivity contribution in [1.29, 1.82) is 0 Å². The molecule has 0 saturated heterocycles. The maximum Gasteiger partial charge on any atom is 0.327 e. The highest BCUT2D eigenvalue weighted by Crippen LogP contribution is 2.25. The van der Waals surface area contributed by atoms with Crippen LogP contribution in [0.25, 0.3) is 0 Å². The number of nitrogens with one attached hydrogen (secondary N) is 1. The lowest BCUT2D eigenvalue weighted by molar-refractivity contribution is -0.146. The summed E-state index contributed by atoms with van der Waals surface area (Å²) in [7, 11) is 0. The summed E-state index contributed by atoms with van der Waals surface area (Å²) in [6, 6.07) is 6.10. The van der Waals surface area contributed by atoms with E-state index >= 15 is 0 Å². The highest BCUT2D eigenvalue weighted by Gasteiger charge is 2.26. The van der Waals surface area contributed by atoms with Crippen LogP contribution in [-0.2, 0) is 9.53 Å². The SMILES string of the molecule is CCOC(=O)C(NC1CCCCC1)c1ccc(Br)c(C)c1. The molecule has 21 heavy (non-hydrogen) atoms. The molecule has 116 valence electrons. The van der Waals surface area contributed by atoms with Gasteiger partial charge in [0.2, 0.25) is 0 Å². The van der Waals surface area contributed by atoms with Crippen molar-refractivity contribution in [2.75, 3.05) is 6.61 Å². The molecule has 1 aliphatic rings. The Hall–Kier alpha value is -0.870. The second-order valence-corrected chi connectivity index (χ2v) is 6.55. The summed E-state index contributed by atoms with van der Waals surface area (Å²) < 4.78 is 6.32. The summed E-state index contributed by atoms with van der Waals surface area (Å²) in [5, 5.41) is 3.51. The van der Waals surface area contributed by atoms with Gasteiger partial charge in [0.15, 0.2) is 0 Å². The average molecular weight is 354 g/mol. The number of benzene rings is 1. The first-order valence-electron chi connectivity index (χ1n) is 7.80. The van der Waals surface area contributed by atoms with Crippen LogP contribution in [0.15, 0.2) is 22.7 Å². The molecule has 0 radical (unpaired) electrons. The third-order valence-electron chi connectivity index (χ3n) is 4.05. The Morgan fingerprint density at radius 1 is 1.38 bits per heavy atom. The van der Waals surface area contributed by atoms with E-state index in [0.29, 0.717) is 12.6 Å². The van der Waals surface area contributed by atoms with E-state index in [1.807, 2.05) is 26.0 Å². The summed E-state index contributed by atoms with van der Waals surface area (Å²) in [5.74, 6) is -0.176. The first-order chi connectivity index (χ1) is 10.1. The molecule has 0 heterocycles. The average Bonchev–Trinajstić information content (AvgIpc) is 2.49. The Balaban J connectivity index is 2.17. The zero-order chi connectivity index (χ0) is 15.2. The van der Waals surface area contributed by atoms with E-state index in [0.717, 1.165) is 28.4 Å². The van der Waals surface area contributed by atoms with Gasteiger partial charge < -0.3 is 4.74 Å². The van der Waals surface area contributed by atoms with Crippen molar-refractivity contribution in [2.24, 2.45) is 0 Å². The van der Waals surface area contributed by atoms with Crippen LogP contribution >= 0.6 is 15.9 Å². The third kappa shape index (κ3) is 4.55. The summed E-state index contributed by atoms with van der Waals surface area (Å²) in [6.07, 6.45) is 6.08. The van der Waals surface area contributed by atoms with Gasteiger partial charge in [0.25, 0.3) is 0 Å². The fourth-order valence-corrected chi connectivity index (χ4v) is 3.12. The van der Waals surface area contributed by atoms with E-state index in [1.54, 1.807) is 0 Å². The van der Waals surface area contributed by atoms with Crippen LogP contribution in [0.1, 0.15) is 56.2 Å². The highest BCUT2D eigenvalue weighted by atomic mass is 79.9. The molecule has 2 rings (SSSR count). The van der Waals surface area contributed by atoms with Gasteiger partial charge in [-0.1, -0.05) is 47.3 Å². The smallest absolute Gasteiger partial charge is 0.327 e. The van der Waals surface area contributed by atoms with Gasteiger partial charge in [0, 0.05) is 10.5 Å². The molecule has 0 aromatic heterocycles. The van der Waals surface area contributed by atoms with Crippen molar-refractivity contribution >= 4 is 21.9 Å². The Morgan fingerprint density at radius 2 is 2.10 bits per heavy atom. The quantitative estimate of drug-likeness (QED) is 0.802. The minimum Gasteiger partial charge on any atom is -0.465 e. The maximum atomic E-state index is 12.3. The molecule has 1 aromatic rings. The number of carbonyl (C=O) groups is 1. The Bertz CT molecular complexity index is 484. The standard InChI is InChI=1S/C17H24BrNO2/c1-3-21-17(20)16(19-14-7-5-4-6-8-14)13-9-10-15(18)12(2)11-13/h9-11,14,16,19H,3-8H2,1-2H3. The predicted octanol–water partition coefficient (Wildman–Crippen LogP) is 4.28. The molecule has 1 N–H and O–H groups in total. The molecule has 0 amide bonds. The third-order valence-corrected chi connectivity index (χ3v) is 4.93. The number of carbonyl (C=O) groups excluding carboxylic acids is 1. The normalized spacial score (nSPS) is 17.5. The second kappa shape index (κ2) is 7.95. The highest BCUT2D eigenvalue weighted by molar-refractivity contribution is 9.10. The topological polar surface area (TPSA) is 38.3 Å². The lowest BCUT2D eigenvalue weighted by Crippen LogP contribution is -2.39. The lowest BCUT2D eigenvalue weighted by Gasteiger charge is -2.28. The van der Waals surface area contributed by atoms with Gasteiger partial charge in [-0.3, -0.25) is 5.32 Å². The van der Waals surface area contributed by atoms with Gasteiger partial charge >= 0.3 is 5.97 Å². The molecule has 1 saturated carbocycles. The fourth-order valence-electron chi connectivity index (χ4n) is 2.88. The predicted molar refractivity (Wildman–Crippen MR) is 88.3 cm³/mol. The number of hydrogen-bond donors (Lipinski definition) is 1. The van der Waals surface area contributed by atoms with Crippen molar-refractivity contribution in [2.45, 2.75) is 58.0 Å². The maximum absolute atomic E-state index is 12.3. The fraction of sp³-hybridized carbons (Fsp3) is 0.588. The number of rotatable bonds is 5. The van der Waals surface area contributed by atoms with Crippen molar-refractivity contribution in [3.05, 3.63) is 33.8 Å². The Labute approximate surface area is 135 Å². The van der Waals surface area contributed by atoms with Crippen molar-refractivity contribution in [3.63, 3.8) is 0 Å². The molecule has 1 atom stereocenters. The van der Waals surface area contributed by atoms with Crippen LogP contribution < -0.4 is 5.32 Å². The summed E-state index contributed by atoms with van der Waals surface area (Å²) in [5.41, 5.74) is 2.12. The van der Waals surface area contributed by atoms with Gasteiger partial charge in [0.1, 0.15) is 6.04 Å². The first-order valence-corrected chi connectivity index (χ1v) is 8.60. The largest absolute Gasteiger partial charge is 0.465 e. The van der Waals surface area contributed by atoms with Crippen LogP contribution in [0, 0.1) is 6.92 Å². The molecule has 1 aliphatic carbocycles. The molecule has 4 heteroatoms. The van der Waals surface area contributed by atoms with Gasteiger partial charge in [0.05, 0.1) is 6.61 Å². The molecule has 0 spiro atoms. The molecule has 1 aromatic carbocycles. The monoisotopic (exact) mass is 353 g/mol. The minimum absolute atomic E-state index is 0.176. The van der Waals surface area contributed by atoms with E-state index in [-0.39, 0.29) is 12.0 Å². The number of aryl methyl sites for hydroxylation is 1. The van der Waals surface area contributed by atoms with E-state index in [9.17, 15) is 4.79 Å². The lowest BCUT2D eigenvalue weighted by atomic mass is 9.93. The molecule has 1 fully saturated rings. The number of hydrogen-bond acceptors (Lipinski definition) is 3. The molecule has 1 unspecified atom stereocenters. The summed E-state index contributed by atoms with van der Waals surface area (Å²) >= 11 is 3.51. The van der Waals surface area contributed by atoms with Gasteiger partial charge in [-0.15, -0.1) is 0 Å². The van der Waals surface area contributed by atoms with Crippen molar-refractivity contribution in [1.82, 2.24) is 5.32 Å². The molecule has 3 nitrogen and oxygen atoms in total. The minimum atomic E-state index is -0.361. The number of ether oxygens (including phenoxy) is 1. The number of esters is 1. The van der Waals surface area contributed by atoms with Crippen molar-refractivity contribution < 1.29 is 9.53 Å². The van der Waals surface area contributed by atoms with Gasteiger partial charge in [-0.05, 0) is 43.9 Å². The van der Waals surface area contributed by atoms with Crippen LogP contribution in [-0.4, -0.2) is 18.6 Å². The van der Waals surface area contributed by atoms with Crippen LogP contribution in [0.2, 0.25) is 0 Å². The summed E-state index contributed by atoms with van der Waals surface area (Å²) in [4.78, 5) is 12.3. The van der Waals surface area contributed by atoms with Crippen LogP contribution in [0.3, 0.4) is 0 Å². The Kier molecular flexibility index (Phi) is 6.24. The van der Waals surface area contributed by atoms with E-state index in [4.69, 9.17) is 4.74 Å². The summed E-state index contributed by atoms with van der Waals surface area (Å²) in [6.45, 7) is 4.30. The molecule has 0 bridgehead atoms. The zero-order valence-corrected chi connectivity index (χ0v) is 14.4. The zero-order valence-electron chi connectivity index (χ0n) is 12.8. The molecule has 0 aliphatic heterocycles. The Morgan fingerprint density at radius 3 is 2.71 bits per heavy atom. The van der Waals surface area contributed by atoms with E-state index in [1.165, 1.54) is 19.3 Å². The molecular weight excluding hydrogens is 330 g/mol. The van der Waals surface area contributed by atoms with Crippen LogP contribution in [0.4, 0.5) is 0 Å². The van der Waals surface area contributed by atoms with E-state index < -0.39 is 0 Å². The second-order valence-electron chi connectivity index (χ2n) is 5.70. The van der Waals surface area contributed by atoms with Crippen LogP contribution in [0.5, 0.6) is 0 Å². The molecular formula is C17H24BrNO2. The van der Waals surface area contributed by atoms with E-state index in [2.05, 4.69) is 27.3 Å². The first kappa shape index (κ1) is 16.5. The number of halogens is 1. The van der Waals surface area contributed by atoms with Gasteiger partial charge in [-0.25, -0.2) is 4.79 Å². The van der Waals surface area contributed by atoms with Crippen molar-refractivity contribution in [3.8, 4) is 0 Å².